The molecule has 0 spiro atoms. The van der Waals surface area contributed by atoms with Crippen molar-refractivity contribution in [1.29, 1.82) is 0 Å². The maximum Gasteiger partial charge on any atom is 0.175 e. The van der Waals surface area contributed by atoms with Gasteiger partial charge in [-0.15, -0.1) is 0 Å². The largest absolute Gasteiger partial charge is 0.307 e. The lowest BCUT2D eigenvalue weighted by molar-refractivity contribution is 0.602. The Labute approximate surface area is 136 Å². The lowest BCUT2D eigenvalue weighted by Crippen LogP contribution is -2.09. The van der Waals surface area contributed by atoms with Gasteiger partial charge in [0.2, 0.25) is 0 Å². The predicted molar refractivity (Wildman–Crippen MR) is 85.7 cm³/mol. The molecule has 9 heteroatoms. The number of nitrogens with two attached hydrogens (primary N) is 1. The van der Waals surface area contributed by atoms with Crippen LogP contribution in [0.5, 0.6) is 0 Å². The van der Waals surface area contributed by atoms with E-state index in [1.54, 1.807) is 18.2 Å². The number of halogens is 2. The highest BCUT2D eigenvalue weighted by molar-refractivity contribution is 7.99. The molecular formula is C12H11Cl2N3O2S2. The Morgan fingerprint density at radius 1 is 1.19 bits per heavy atom. The quantitative estimate of drug-likeness (QED) is 0.640. The fourth-order valence-corrected chi connectivity index (χ4v) is 3.44. The molecule has 3 N–H and O–H groups in total. The molecule has 0 bridgehead atoms. The molecule has 0 aliphatic heterocycles. The Balaban J connectivity index is 2.30. The van der Waals surface area contributed by atoms with E-state index in [2.05, 4.69) is 10.4 Å². The molecule has 2 rings (SSSR count). The van der Waals surface area contributed by atoms with Crippen LogP contribution in [0.2, 0.25) is 10.0 Å². The van der Waals surface area contributed by atoms with Crippen molar-refractivity contribution in [3.63, 3.8) is 0 Å². The monoisotopic (exact) mass is 363 g/mol. The third-order valence-corrected chi connectivity index (χ3v) is 5.33. The fraction of sp³-hybridized carbons (Fsp3) is 0.0833. The smallest absolute Gasteiger partial charge is 0.175 e. The van der Waals surface area contributed by atoms with E-state index in [1.165, 1.54) is 23.9 Å². The molecule has 0 atom stereocenters. The highest BCUT2D eigenvalue weighted by Crippen LogP contribution is 2.35. The van der Waals surface area contributed by atoms with Crippen molar-refractivity contribution in [2.45, 2.75) is 14.8 Å². The Morgan fingerprint density at radius 2 is 1.81 bits per heavy atom. The topological polar surface area (TPSA) is 85.1 Å². The van der Waals surface area contributed by atoms with Crippen molar-refractivity contribution >= 4 is 50.6 Å². The summed E-state index contributed by atoms with van der Waals surface area (Å²) >= 11 is 13.3. The highest BCUT2D eigenvalue weighted by Gasteiger charge is 2.11. The van der Waals surface area contributed by atoms with Gasteiger partial charge in [0, 0.05) is 11.2 Å². The molecule has 0 saturated carbocycles. The predicted octanol–water partition coefficient (Wildman–Crippen LogP) is 3.23. The van der Waals surface area contributed by atoms with Crippen LogP contribution in [0.25, 0.3) is 0 Å². The molecule has 2 aromatic rings. The molecule has 1 aromatic carbocycles. The number of nitrogens with zero attached hydrogens (tertiary/aromatic N) is 1. The summed E-state index contributed by atoms with van der Waals surface area (Å²) in [4.78, 5) is 5.25. The summed E-state index contributed by atoms with van der Waals surface area (Å²) in [6.07, 6.45) is 1.16. The molecule has 0 fully saturated rings. The first-order valence-electron chi connectivity index (χ1n) is 5.62. The van der Waals surface area contributed by atoms with Crippen molar-refractivity contribution in [3.05, 3.63) is 40.4 Å². The van der Waals surface area contributed by atoms with E-state index in [0.717, 1.165) is 11.2 Å². The summed E-state index contributed by atoms with van der Waals surface area (Å²) in [5, 5.41) is 1.22. The Morgan fingerprint density at radius 3 is 2.33 bits per heavy atom. The lowest BCUT2D eigenvalue weighted by Gasteiger charge is -2.08. The van der Waals surface area contributed by atoms with Gasteiger partial charge in [-0.1, -0.05) is 35.0 Å². The maximum absolute atomic E-state index is 11.4. The van der Waals surface area contributed by atoms with Crippen LogP contribution in [0.15, 0.2) is 45.1 Å². The van der Waals surface area contributed by atoms with E-state index in [-0.39, 0.29) is 4.90 Å². The van der Waals surface area contributed by atoms with E-state index >= 15 is 0 Å². The molecule has 0 aliphatic rings. The van der Waals surface area contributed by atoms with E-state index in [1.807, 2.05) is 0 Å². The minimum Gasteiger partial charge on any atom is -0.307 e. The number of pyridine rings is 1. The minimum absolute atomic E-state index is 0.256. The molecule has 0 aliphatic carbocycles. The van der Waals surface area contributed by atoms with Gasteiger partial charge in [0.25, 0.3) is 0 Å². The molecular weight excluding hydrogens is 353 g/mol. The Bertz CT molecular complexity index is 765. The van der Waals surface area contributed by atoms with Gasteiger partial charge in [-0.05, 0) is 30.3 Å². The fourth-order valence-electron chi connectivity index (χ4n) is 1.49. The summed E-state index contributed by atoms with van der Waals surface area (Å²) < 4.78 is 22.8. The minimum atomic E-state index is -3.21. The van der Waals surface area contributed by atoms with Crippen LogP contribution in [0.4, 0.5) is 5.82 Å². The highest BCUT2D eigenvalue weighted by atomic mass is 35.5. The van der Waals surface area contributed by atoms with Crippen LogP contribution in [-0.4, -0.2) is 19.7 Å². The van der Waals surface area contributed by atoms with Crippen molar-refractivity contribution in [3.8, 4) is 0 Å². The second kappa shape index (κ2) is 6.41. The van der Waals surface area contributed by atoms with Crippen LogP contribution >= 0.6 is 35.0 Å². The summed E-state index contributed by atoms with van der Waals surface area (Å²) in [5.74, 6) is 5.63. The van der Waals surface area contributed by atoms with Crippen LogP contribution in [0, 0.1) is 0 Å². The number of rotatable bonds is 4. The van der Waals surface area contributed by atoms with E-state index in [4.69, 9.17) is 29.0 Å². The molecule has 0 unspecified atom stereocenters. The van der Waals surface area contributed by atoms with Gasteiger partial charge >= 0.3 is 0 Å². The molecule has 5 nitrogen and oxygen atoms in total. The first kappa shape index (κ1) is 16.4. The number of nitrogen functional groups attached to an aromatic ring is 1. The number of hydrogen-bond donors (Lipinski definition) is 2. The number of anilines is 1. The maximum atomic E-state index is 11.4. The van der Waals surface area contributed by atoms with Crippen LogP contribution < -0.4 is 11.3 Å². The second-order valence-corrected chi connectivity index (χ2v) is 7.99. The zero-order valence-electron chi connectivity index (χ0n) is 10.8. The summed E-state index contributed by atoms with van der Waals surface area (Å²) in [6.45, 7) is 0. The van der Waals surface area contributed by atoms with Gasteiger partial charge in [0.15, 0.2) is 15.7 Å². The Kier molecular flexibility index (Phi) is 5.00. The zero-order valence-corrected chi connectivity index (χ0v) is 13.9. The Hall–Kier alpha value is -0.990. The zero-order chi connectivity index (χ0) is 15.6. The molecule has 0 radical (unpaired) electrons. The second-order valence-electron chi connectivity index (χ2n) is 4.10. The van der Waals surface area contributed by atoms with Gasteiger partial charge in [-0.3, -0.25) is 0 Å². The van der Waals surface area contributed by atoms with Crippen LogP contribution in [-0.2, 0) is 9.84 Å². The lowest BCUT2D eigenvalue weighted by atomic mass is 10.4. The SMILES string of the molecule is CS(=O)(=O)c1ccc(Sc2nc(NN)c(Cl)cc2Cl)cc1. The first-order chi connectivity index (χ1) is 9.81. The van der Waals surface area contributed by atoms with Gasteiger partial charge in [0.05, 0.1) is 14.9 Å². The molecule has 0 saturated heterocycles. The van der Waals surface area contributed by atoms with E-state index in [0.29, 0.717) is 20.9 Å². The molecule has 112 valence electrons. The summed E-state index contributed by atoms with van der Waals surface area (Å²) in [5.41, 5.74) is 2.38. The molecule has 21 heavy (non-hydrogen) atoms. The van der Waals surface area contributed by atoms with Gasteiger partial charge in [-0.2, -0.15) is 0 Å². The van der Waals surface area contributed by atoms with E-state index < -0.39 is 9.84 Å². The van der Waals surface area contributed by atoms with Gasteiger partial charge < -0.3 is 5.43 Å². The summed E-state index contributed by atoms with van der Waals surface area (Å²) in [7, 11) is -3.21. The molecule has 1 heterocycles. The van der Waals surface area contributed by atoms with Crippen molar-refractivity contribution in [2.24, 2.45) is 5.84 Å². The summed E-state index contributed by atoms with van der Waals surface area (Å²) in [6, 6.07) is 7.97. The third-order valence-electron chi connectivity index (χ3n) is 2.50. The number of sulfone groups is 1. The number of benzene rings is 1. The third kappa shape index (κ3) is 4.02. The molecule has 0 amide bonds. The van der Waals surface area contributed by atoms with Crippen molar-refractivity contribution in [1.82, 2.24) is 4.98 Å². The molecule has 1 aromatic heterocycles. The van der Waals surface area contributed by atoms with Crippen molar-refractivity contribution < 1.29 is 8.42 Å². The average molecular weight is 364 g/mol. The average Bonchev–Trinajstić information content (AvgIpc) is 2.41. The number of nitrogens with one attached hydrogen (secondary N) is 1. The van der Waals surface area contributed by atoms with Crippen LogP contribution in [0.1, 0.15) is 0 Å². The standard InChI is InChI=1S/C12H11Cl2N3O2S2/c1-21(18,19)8-4-2-7(3-5-8)20-12-10(14)6-9(13)11(16-12)17-15/h2-6H,15H2,1H3,(H,16,17). The normalized spacial score (nSPS) is 11.4. The van der Waals surface area contributed by atoms with Crippen molar-refractivity contribution in [2.75, 3.05) is 11.7 Å². The van der Waals surface area contributed by atoms with Crippen LogP contribution in [0.3, 0.4) is 0 Å². The van der Waals surface area contributed by atoms with Gasteiger partial charge in [0.1, 0.15) is 5.03 Å². The van der Waals surface area contributed by atoms with Gasteiger partial charge in [-0.25, -0.2) is 19.2 Å². The number of hydrogen-bond acceptors (Lipinski definition) is 6. The number of hydrazine groups is 1. The first-order valence-corrected chi connectivity index (χ1v) is 9.08. The number of aromatic nitrogens is 1. The van der Waals surface area contributed by atoms with E-state index in [9.17, 15) is 8.42 Å².